The van der Waals surface area contributed by atoms with Gasteiger partial charge in [0, 0.05) is 6.42 Å². The smallest absolute Gasteiger partial charge is 0.253 e. The van der Waals surface area contributed by atoms with Gasteiger partial charge in [0.2, 0.25) is 5.91 Å². The van der Waals surface area contributed by atoms with Crippen molar-refractivity contribution in [3.05, 3.63) is 24.3 Å². The molecule has 0 unspecified atom stereocenters. The maximum absolute atomic E-state index is 11.7. The number of anilines is 2. The molecule has 0 aliphatic carbocycles. The second-order valence-corrected chi connectivity index (χ2v) is 5.46. The van der Waals surface area contributed by atoms with Crippen LogP contribution in [0.5, 0.6) is 0 Å². The van der Waals surface area contributed by atoms with E-state index in [4.69, 9.17) is 4.74 Å². The summed E-state index contributed by atoms with van der Waals surface area (Å²) in [5.74, 6) is 0.393. The first kappa shape index (κ1) is 15.3. The van der Waals surface area contributed by atoms with E-state index in [2.05, 4.69) is 31.3 Å². The lowest BCUT2D eigenvalue weighted by Crippen LogP contribution is -2.41. The van der Waals surface area contributed by atoms with E-state index < -0.39 is 0 Å². The maximum atomic E-state index is 11.7. The van der Waals surface area contributed by atoms with Gasteiger partial charge in [0.05, 0.1) is 24.5 Å². The Morgan fingerprint density at radius 2 is 2.24 bits per heavy atom. The second-order valence-electron chi connectivity index (χ2n) is 5.46. The summed E-state index contributed by atoms with van der Waals surface area (Å²) in [6.45, 7) is 5.31. The Morgan fingerprint density at radius 3 is 2.86 bits per heavy atom. The van der Waals surface area contributed by atoms with Crippen LogP contribution in [0.3, 0.4) is 0 Å². The number of nitrogens with one attached hydrogen (secondary N) is 1. The first-order chi connectivity index (χ1) is 10.1. The van der Waals surface area contributed by atoms with Gasteiger partial charge in [-0.05, 0) is 36.6 Å². The number of hydrogen-bond acceptors (Lipinski definition) is 3. The molecule has 1 heterocycles. The normalized spacial score (nSPS) is 15.0. The molecule has 1 saturated heterocycles. The minimum Gasteiger partial charge on any atom is -0.370 e. The van der Waals surface area contributed by atoms with Crippen molar-refractivity contribution in [2.45, 2.75) is 26.7 Å². The molecule has 1 fully saturated rings. The number of ether oxygens (including phenoxy) is 1. The van der Waals surface area contributed by atoms with Gasteiger partial charge in [0.1, 0.15) is 6.61 Å². The average molecular weight is 288 g/mol. The van der Waals surface area contributed by atoms with Crippen LogP contribution in [-0.2, 0) is 14.3 Å². The van der Waals surface area contributed by atoms with Crippen molar-refractivity contribution in [1.82, 2.24) is 0 Å². The van der Waals surface area contributed by atoms with Crippen LogP contribution >= 0.6 is 0 Å². The standard InChI is InChI=1S/C16H20N2O3/c1-12(2)3-8-15(19)17-13-4-6-14(7-5-13)18-9-10-21-11-16(18)20/h4,6,12H,3,8-11H2,1-2H3,(H,17,19). The Kier molecular flexibility index (Phi) is 5.18. The Hall–Kier alpha value is -2.06. The maximum Gasteiger partial charge on any atom is 0.253 e. The van der Waals surface area contributed by atoms with Crippen molar-refractivity contribution in [1.29, 1.82) is 0 Å². The monoisotopic (exact) mass is 288 g/mol. The van der Waals surface area contributed by atoms with Crippen LogP contribution < -0.4 is 10.2 Å². The van der Waals surface area contributed by atoms with Crippen molar-refractivity contribution in [2.75, 3.05) is 30.0 Å². The molecule has 1 N–H and O–H groups in total. The summed E-state index contributed by atoms with van der Waals surface area (Å²) >= 11 is 0. The number of morpholine rings is 1. The van der Waals surface area contributed by atoms with Gasteiger partial charge in [0.25, 0.3) is 5.91 Å². The summed E-state index contributed by atoms with van der Waals surface area (Å²) in [6.07, 6.45) is 1.35. The lowest BCUT2D eigenvalue weighted by atomic mass is 10.1. The third-order valence-corrected chi connectivity index (χ3v) is 3.23. The van der Waals surface area contributed by atoms with Crippen LogP contribution in [0, 0.1) is 18.1 Å². The Balaban J connectivity index is 1.92. The summed E-state index contributed by atoms with van der Waals surface area (Å²) in [5.41, 5.74) is 1.23. The molecule has 5 nitrogen and oxygen atoms in total. The highest BCUT2D eigenvalue weighted by Gasteiger charge is 2.20. The van der Waals surface area contributed by atoms with E-state index in [9.17, 15) is 9.59 Å². The third-order valence-electron chi connectivity index (χ3n) is 3.23. The molecule has 1 aliphatic heterocycles. The van der Waals surface area contributed by atoms with Gasteiger partial charge < -0.3 is 15.0 Å². The van der Waals surface area contributed by atoms with Crippen LogP contribution in [-0.4, -0.2) is 31.6 Å². The molecule has 1 aliphatic rings. The SMILES string of the molecule is CC(C)CCC(=O)Nc1c#cc(N2CCOCC2=O)cc1. The fraction of sp³-hybridized carbons (Fsp3) is 0.500. The highest BCUT2D eigenvalue weighted by molar-refractivity contribution is 5.95. The van der Waals surface area contributed by atoms with Crippen molar-refractivity contribution >= 4 is 23.2 Å². The van der Waals surface area contributed by atoms with Crippen LogP contribution in [0.15, 0.2) is 12.1 Å². The second kappa shape index (κ2) is 7.09. The molecule has 21 heavy (non-hydrogen) atoms. The Bertz CT molecular complexity index is 497. The van der Waals surface area contributed by atoms with Crippen molar-refractivity contribution in [2.24, 2.45) is 5.92 Å². The predicted octanol–water partition coefficient (Wildman–Crippen LogP) is 2.02. The van der Waals surface area contributed by atoms with Gasteiger partial charge >= 0.3 is 0 Å². The van der Waals surface area contributed by atoms with Gasteiger partial charge in [-0.25, -0.2) is 0 Å². The van der Waals surface area contributed by atoms with E-state index in [0.717, 1.165) is 6.42 Å². The molecule has 0 bridgehead atoms. The molecule has 2 rings (SSSR count). The van der Waals surface area contributed by atoms with Gasteiger partial charge in [-0.1, -0.05) is 13.8 Å². The number of carbonyl (C=O) groups is 2. The number of amides is 2. The lowest BCUT2D eigenvalue weighted by Gasteiger charge is -2.25. The summed E-state index contributed by atoms with van der Waals surface area (Å²) in [5, 5.41) is 2.78. The van der Waals surface area contributed by atoms with E-state index in [-0.39, 0.29) is 18.4 Å². The zero-order valence-corrected chi connectivity index (χ0v) is 12.4. The Labute approximate surface area is 125 Å². The van der Waals surface area contributed by atoms with Gasteiger partial charge in [0.15, 0.2) is 0 Å². The number of hydrogen-bond donors (Lipinski definition) is 1. The molecule has 2 amide bonds. The lowest BCUT2D eigenvalue weighted by molar-refractivity contribution is -0.125. The molecular formula is C16H20N2O3. The highest BCUT2D eigenvalue weighted by Crippen LogP contribution is 2.16. The van der Waals surface area contributed by atoms with Crippen molar-refractivity contribution < 1.29 is 14.3 Å². The molecule has 112 valence electrons. The molecule has 0 aromatic heterocycles. The third kappa shape index (κ3) is 4.47. The molecule has 0 saturated carbocycles. The summed E-state index contributed by atoms with van der Waals surface area (Å²) in [4.78, 5) is 25.0. The van der Waals surface area contributed by atoms with Crippen LogP contribution in [0.1, 0.15) is 26.7 Å². The van der Waals surface area contributed by atoms with Crippen LogP contribution in [0.2, 0.25) is 0 Å². The fourth-order valence-electron chi connectivity index (χ4n) is 2.01. The van der Waals surface area contributed by atoms with Crippen LogP contribution in [0.25, 0.3) is 0 Å². The quantitative estimate of drug-likeness (QED) is 0.902. The summed E-state index contributed by atoms with van der Waals surface area (Å²) in [6, 6.07) is 9.30. The highest BCUT2D eigenvalue weighted by atomic mass is 16.5. The van der Waals surface area contributed by atoms with E-state index in [1.165, 1.54) is 0 Å². The topological polar surface area (TPSA) is 58.6 Å². The summed E-state index contributed by atoms with van der Waals surface area (Å²) in [7, 11) is 0. The zero-order chi connectivity index (χ0) is 15.2. The number of nitrogens with zero attached hydrogens (tertiary/aromatic N) is 1. The van der Waals surface area contributed by atoms with E-state index >= 15 is 0 Å². The van der Waals surface area contributed by atoms with Crippen LogP contribution in [0.4, 0.5) is 11.4 Å². The first-order valence-electron chi connectivity index (χ1n) is 7.18. The molecule has 0 spiro atoms. The van der Waals surface area contributed by atoms with Gasteiger partial charge in [-0.15, -0.1) is 0 Å². The fourth-order valence-corrected chi connectivity index (χ4v) is 2.01. The molecule has 1 aromatic carbocycles. The first-order valence-corrected chi connectivity index (χ1v) is 7.18. The number of rotatable bonds is 5. The van der Waals surface area contributed by atoms with Crippen molar-refractivity contribution in [3.63, 3.8) is 0 Å². The van der Waals surface area contributed by atoms with E-state index in [0.29, 0.717) is 36.9 Å². The Morgan fingerprint density at radius 1 is 1.43 bits per heavy atom. The molecule has 0 radical (unpaired) electrons. The minimum absolute atomic E-state index is 0.0245. The summed E-state index contributed by atoms with van der Waals surface area (Å²) < 4.78 is 5.08. The molecule has 1 aromatic rings. The number of carbonyl (C=O) groups excluding carboxylic acids is 2. The molecule has 0 atom stereocenters. The molecular weight excluding hydrogens is 268 g/mol. The zero-order valence-electron chi connectivity index (χ0n) is 12.4. The van der Waals surface area contributed by atoms with E-state index in [1.54, 1.807) is 17.0 Å². The molecule has 5 heteroatoms. The van der Waals surface area contributed by atoms with E-state index in [1.807, 2.05) is 0 Å². The predicted molar refractivity (Wildman–Crippen MR) is 80.0 cm³/mol. The van der Waals surface area contributed by atoms with Gasteiger partial charge in [-0.3, -0.25) is 9.59 Å². The largest absolute Gasteiger partial charge is 0.370 e. The minimum atomic E-state index is -0.0837. The van der Waals surface area contributed by atoms with Gasteiger partial charge in [-0.2, -0.15) is 0 Å². The average Bonchev–Trinajstić information content (AvgIpc) is 2.47. The van der Waals surface area contributed by atoms with Crippen molar-refractivity contribution in [3.8, 4) is 0 Å².